The lowest BCUT2D eigenvalue weighted by Gasteiger charge is -2.50. The zero-order chi connectivity index (χ0) is 37.3. The van der Waals surface area contributed by atoms with Crippen LogP contribution in [0.5, 0.6) is 0 Å². The molecule has 0 bridgehead atoms. The fourth-order valence-electron chi connectivity index (χ4n) is 5.75. The molecule has 17 heteroatoms. The Morgan fingerprint density at radius 2 is 1.44 bits per heavy atom. The summed E-state index contributed by atoms with van der Waals surface area (Å²) in [6.45, 7) is 13.5. The number of nitrogens with zero attached hydrogens (tertiary/aromatic N) is 3. The molecule has 2 aliphatic heterocycles. The largest absolute Gasteiger partial charge is 0.460 e. The molecule has 2 N–H and O–H groups in total. The van der Waals surface area contributed by atoms with Crippen molar-refractivity contribution in [2.24, 2.45) is 17.6 Å². The standard InChI is InChI=1S/C33H42N4O11SSi/c1-19-27-26(20(2)48-50(6,7)33(3,4)5)30(38)35(27)28(32(40)47-17-22-10-14-24(15-11-22)37(43)44)29(19)49(45)18-25(34)31(39)46-16-21-8-12-23(13-9-21)36(41)42/h8-15,19-20,25-27H,16-18,34H2,1-7H3/t19-,20-,25?,26-,27-,49?/m1/s1. The molecule has 2 unspecified atom stereocenters. The summed E-state index contributed by atoms with van der Waals surface area (Å²) in [5.74, 6) is -3.82. The van der Waals surface area contributed by atoms with Crippen LogP contribution in [-0.2, 0) is 52.3 Å². The van der Waals surface area contributed by atoms with Crippen LogP contribution < -0.4 is 5.73 Å². The Hall–Kier alpha value is -4.32. The van der Waals surface area contributed by atoms with Gasteiger partial charge in [0, 0.05) is 30.2 Å². The van der Waals surface area contributed by atoms with E-state index in [4.69, 9.17) is 19.6 Å². The van der Waals surface area contributed by atoms with Crippen LogP contribution >= 0.6 is 0 Å². The molecular weight excluding hydrogens is 689 g/mol. The van der Waals surface area contributed by atoms with E-state index < -0.39 is 76.7 Å². The van der Waals surface area contributed by atoms with Gasteiger partial charge in [-0.25, -0.2) is 4.79 Å². The number of hydrogen-bond acceptors (Lipinski definition) is 12. The minimum absolute atomic E-state index is 0.109. The van der Waals surface area contributed by atoms with E-state index in [1.807, 2.05) is 6.92 Å². The van der Waals surface area contributed by atoms with E-state index in [0.29, 0.717) is 11.1 Å². The molecule has 2 aliphatic rings. The third-order valence-electron chi connectivity index (χ3n) is 9.50. The third-order valence-corrected chi connectivity index (χ3v) is 15.8. The normalized spacial score (nSPS) is 20.8. The van der Waals surface area contributed by atoms with Gasteiger partial charge in [-0.2, -0.15) is 0 Å². The predicted octanol–water partition coefficient (Wildman–Crippen LogP) is 4.46. The van der Waals surface area contributed by atoms with E-state index in [2.05, 4.69) is 33.9 Å². The highest BCUT2D eigenvalue weighted by molar-refractivity contribution is 7.89. The Bertz CT molecular complexity index is 1720. The molecular formula is C33H42N4O11SSi. The van der Waals surface area contributed by atoms with Crippen LogP contribution in [0, 0.1) is 32.1 Å². The molecule has 270 valence electrons. The topological polar surface area (TPSA) is 212 Å². The van der Waals surface area contributed by atoms with Gasteiger partial charge in [-0.05, 0) is 60.4 Å². The van der Waals surface area contributed by atoms with Crippen molar-refractivity contribution >= 4 is 48.3 Å². The van der Waals surface area contributed by atoms with Crippen LogP contribution in [0.3, 0.4) is 0 Å². The van der Waals surface area contributed by atoms with E-state index in [-0.39, 0.29) is 46.1 Å². The number of fused-ring (bicyclic) bond motifs is 1. The van der Waals surface area contributed by atoms with Crippen LogP contribution in [0.25, 0.3) is 0 Å². The Balaban J connectivity index is 1.54. The van der Waals surface area contributed by atoms with Crippen molar-refractivity contribution in [2.75, 3.05) is 5.75 Å². The van der Waals surface area contributed by atoms with Crippen molar-refractivity contribution in [2.45, 2.75) is 84.2 Å². The second kappa shape index (κ2) is 14.9. The minimum atomic E-state index is -2.30. The first-order chi connectivity index (χ1) is 23.2. The molecule has 2 heterocycles. The maximum atomic E-state index is 14.0. The summed E-state index contributed by atoms with van der Waals surface area (Å²) < 4.78 is 31.3. The number of carbonyl (C=O) groups excluding carboxylic acids is 3. The fourth-order valence-corrected chi connectivity index (χ4v) is 8.77. The lowest BCUT2D eigenvalue weighted by atomic mass is 9.79. The highest BCUT2D eigenvalue weighted by Crippen LogP contribution is 2.50. The van der Waals surface area contributed by atoms with E-state index in [9.17, 15) is 38.8 Å². The lowest BCUT2D eigenvalue weighted by molar-refractivity contribution is -0.385. The molecule has 6 atom stereocenters. The molecule has 0 radical (unpaired) electrons. The van der Waals surface area contributed by atoms with Gasteiger partial charge in [0.05, 0.1) is 49.4 Å². The Labute approximate surface area is 293 Å². The monoisotopic (exact) mass is 730 g/mol. The number of β-lactam (4-membered cyclic amide) rings is 1. The summed E-state index contributed by atoms with van der Waals surface area (Å²) in [5.41, 5.74) is 6.59. The molecule has 4 rings (SSSR count). The summed E-state index contributed by atoms with van der Waals surface area (Å²) in [7, 11) is -4.34. The van der Waals surface area contributed by atoms with E-state index in [0.717, 1.165) is 0 Å². The first-order valence-corrected chi connectivity index (χ1v) is 20.2. The van der Waals surface area contributed by atoms with Crippen molar-refractivity contribution in [1.29, 1.82) is 0 Å². The van der Waals surface area contributed by atoms with Gasteiger partial charge in [-0.3, -0.25) is 34.0 Å². The summed E-state index contributed by atoms with van der Waals surface area (Å²) >= 11 is 0. The maximum Gasteiger partial charge on any atom is 0.356 e. The number of nitro benzene ring substituents is 2. The SMILES string of the molecule is C[C@@H](O[Si](C)(C)C(C)(C)C)[C@H]1C(=O)N2C(C(=O)OCc3ccc([N+](=O)[O-])cc3)=C(S(=O)CC(N)C(=O)OCc3ccc([N+](=O)[O-])cc3)[C@H](C)[C@H]12. The highest BCUT2D eigenvalue weighted by atomic mass is 32.2. The molecule has 0 spiro atoms. The minimum Gasteiger partial charge on any atom is -0.460 e. The number of nitrogens with two attached hydrogens (primary N) is 1. The lowest BCUT2D eigenvalue weighted by Crippen LogP contribution is -2.65. The molecule has 0 saturated carbocycles. The number of amides is 1. The summed E-state index contributed by atoms with van der Waals surface area (Å²) in [6.07, 6.45) is -0.506. The zero-order valence-electron chi connectivity index (χ0n) is 28.9. The molecule has 1 amide bonds. The van der Waals surface area contributed by atoms with Gasteiger partial charge in [0.25, 0.3) is 11.4 Å². The van der Waals surface area contributed by atoms with Crippen LogP contribution in [0.15, 0.2) is 59.1 Å². The first kappa shape index (κ1) is 38.5. The van der Waals surface area contributed by atoms with E-state index in [1.54, 1.807) is 6.92 Å². The second-order valence-corrected chi connectivity index (χ2v) is 20.2. The number of ether oxygens (including phenoxy) is 2. The van der Waals surface area contributed by atoms with E-state index in [1.165, 1.54) is 53.4 Å². The van der Waals surface area contributed by atoms with Gasteiger partial charge in [0.15, 0.2) is 8.32 Å². The molecule has 0 aromatic heterocycles. The Morgan fingerprint density at radius 3 is 1.90 bits per heavy atom. The average Bonchev–Trinajstić information content (AvgIpc) is 3.30. The van der Waals surface area contributed by atoms with Crippen molar-refractivity contribution in [1.82, 2.24) is 4.90 Å². The molecule has 50 heavy (non-hydrogen) atoms. The van der Waals surface area contributed by atoms with Gasteiger partial charge in [-0.15, -0.1) is 0 Å². The third kappa shape index (κ3) is 8.01. The summed E-state index contributed by atoms with van der Waals surface area (Å²) in [4.78, 5) is 62.4. The zero-order valence-corrected chi connectivity index (χ0v) is 30.8. The fraction of sp³-hybridized carbons (Fsp3) is 0.485. The number of benzene rings is 2. The van der Waals surface area contributed by atoms with Crippen molar-refractivity contribution in [3.8, 4) is 0 Å². The second-order valence-electron chi connectivity index (χ2n) is 14.0. The molecule has 2 aromatic carbocycles. The average molecular weight is 731 g/mol. The molecule has 0 aliphatic carbocycles. The van der Waals surface area contributed by atoms with Gasteiger partial charge in [-0.1, -0.05) is 27.7 Å². The first-order valence-electron chi connectivity index (χ1n) is 15.9. The number of hydrogen-bond donors (Lipinski definition) is 1. The quantitative estimate of drug-likeness (QED) is 0.0938. The number of rotatable bonds is 14. The maximum absolute atomic E-state index is 14.0. The molecule has 15 nitrogen and oxygen atoms in total. The smallest absolute Gasteiger partial charge is 0.356 e. The van der Waals surface area contributed by atoms with Gasteiger partial charge in [0.2, 0.25) is 5.91 Å². The van der Waals surface area contributed by atoms with Crippen LogP contribution in [0.2, 0.25) is 18.1 Å². The van der Waals surface area contributed by atoms with Crippen molar-refractivity contribution in [3.05, 3.63) is 90.5 Å². The Morgan fingerprint density at radius 1 is 0.960 bits per heavy atom. The Kier molecular flexibility index (Phi) is 11.5. The number of nitro groups is 2. The number of carbonyl (C=O) groups is 3. The number of esters is 2. The van der Waals surface area contributed by atoms with E-state index >= 15 is 0 Å². The molecule has 1 fully saturated rings. The van der Waals surface area contributed by atoms with Gasteiger partial charge in [0.1, 0.15) is 25.0 Å². The van der Waals surface area contributed by atoms with Gasteiger partial charge < -0.3 is 24.5 Å². The predicted molar refractivity (Wildman–Crippen MR) is 185 cm³/mol. The summed E-state index contributed by atoms with van der Waals surface area (Å²) in [5, 5.41) is 21.8. The summed E-state index contributed by atoms with van der Waals surface area (Å²) in [6, 6.07) is 8.88. The molecule has 1 saturated heterocycles. The van der Waals surface area contributed by atoms with Crippen LogP contribution in [0.4, 0.5) is 11.4 Å². The van der Waals surface area contributed by atoms with Crippen LogP contribution in [0.1, 0.15) is 45.7 Å². The van der Waals surface area contributed by atoms with Crippen molar-refractivity contribution in [3.63, 3.8) is 0 Å². The van der Waals surface area contributed by atoms with Crippen molar-refractivity contribution < 1.29 is 42.3 Å². The van der Waals surface area contributed by atoms with Gasteiger partial charge >= 0.3 is 11.9 Å². The molecule has 2 aromatic rings. The number of non-ortho nitro benzene ring substituents is 2. The highest BCUT2D eigenvalue weighted by Gasteiger charge is 2.62. The van der Waals surface area contributed by atoms with Crippen LogP contribution in [-0.4, -0.2) is 69.1 Å².